The van der Waals surface area contributed by atoms with Gasteiger partial charge in [-0.3, -0.25) is 4.79 Å². The number of hydrogen-bond acceptors (Lipinski definition) is 3. The Morgan fingerprint density at radius 3 is 2.44 bits per heavy atom. The minimum Gasteiger partial charge on any atom is -0.383 e. The number of benzene rings is 2. The van der Waals surface area contributed by atoms with Crippen LogP contribution in [0.5, 0.6) is 0 Å². The molecule has 0 bridgehead atoms. The molecule has 2 aromatic carbocycles. The Morgan fingerprint density at radius 2 is 1.78 bits per heavy atom. The quantitative estimate of drug-likeness (QED) is 0.490. The van der Waals surface area contributed by atoms with E-state index in [4.69, 9.17) is 0 Å². The van der Waals surface area contributed by atoms with E-state index >= 15 is 0 Å². The molecule has 2 aromatic rings. The summed E-state index contributed by atoms with van der Waals surface area (Å²) < 4.78 is 53.0. The Kier molecular flexibility index (Phi) is 6.79. The van der Waals surface area contributed by atoms with E-state index in [0.29, 0.717) is 17.8 Å². The SMILES string of the molecule is CNCCCNc1ccc(C(F)(F)F)cc1NC(=O)c1cc(C)ccc1F. The van der Waals surface area contributed by atoms with Gasteiger partial charge in [0.25, 0.3) is 5.91 Å². The molecule has 0 heterocycles. The van der Waals surface area contributed by atoms with Gasteiger partial charge in [-0.25, -0.2) is 4.39 Å². The van der Waals surface area contributed by atoms with E-state index in [1.807, 2.05) is 0 Å². The van der Waals surface area contributed by atoms with Crippen molar-refractivity contribution in [2.45, 2.75) is 19.5 Å². The molecule has 4 nitrogen and oxygen atoms in total. The molecular formula is C19H21F4N3O. The highest BCUT2D eigenvalue weighted by Crippen LogP contribution is 2.34. The average molecular weight is 383 g/mol. The van der Waals surface area contributed by atoms with Crippen molar-refractivity contribution < 1.29 is 22.4 Å². The number of nitrogens with one attached hydrogen (secondary N) is 3. The van der Waals surface area contributed by atoms with Crippen LogP contribution in [0.15, 0.2) is 36.4 Å². The van der Waals surface area contributed by atoms with Crippen molar-refractivity contribution in [3.63, 3.8) is 0 Å². The van der Waals surface area contributed by atoms with E-state index in [1.54, 1.807) is 14.0 Å². The molecule has 0 unspecified atom stereocenters. The third kappa shape index (κ3) is 5.68. The van der Waals surface area contributed by atoms with Crippen molar-refractivity contribution in [2.75, 3.05) is 30.8 Å². The zero-order valence-electron chi connectivity index (χ0n) is 15.0. The van der Waals surface area contributed by atoms with Gasteiger partial charge in [0.2, 0.25) is 0 Å². The summed E-state index contributed by atoms with van der Waals surface area (Å²) in [7, 11) is 1.79. The summed E-state index contributed by atoms with van der Waals surface area (Å²) in [5.74, 6) is -1.55. The number of carbonyl (C=O) groups excluding carboxylic acids is 1. The molecule has 27 heavy (non-hydrogen) atoms. The van der Waals surface area contributed by atoms with Crippen LogP contribution in [0, 0.1) is 12.7 Å². The van der Waals surface area contributed by atoms with Gasteiger partial charge in [0.1, 0.15) is 5.82 Å². The normalized spacial score (nSPS) is 11.3. The second-order valence-corrected chi connectivity index (χ2v) is 6.08. The minimum atomic E-state index is -4.56. The van der Waals surface area contributed by atoms with Crippen LogP contribution in [0.3, 0.4) is 0 Å². The van der Waals surface area contributed by atoms with Gasteiger partial charge in [0, 0.05) is 6.54 Å². The molecule has 0 radical (unpaired) electrons. The van der Waals surface area contributed by atoms with Crippen LogP contribution < -0.4 is 16.0 Å². The summed E-state index contributed by atoms with van der Waals surface area (Å²) >= 11 is 0. The molecular weight excluding hydrogens is 362 g/mol. The molecule has 8 heteroatoms. The maximum absolute atomic E-state index is 13.9. The summed E-state index contributed by atoms with van der Waals surface area (Å²) in [4.78, 5) is 12.4. The zero-order valence-corrected chi connectivity index (χ0v) is 15.0. The second kappa shape index (κ2) is 8.85. The van der Waals surface area contributed by atoms with Crippen molar-refractivity contribution in [3.05, 3.63) is 58.9 Å². The number of carbonyl (C=O) groups is 1. The van der Waals surface area contributed by atoms with Crippen molar-refractivity contribution >= 4 is 17.3 Å². The Bertz CT molecular complexity index is 806. The third-order valence-electron chi connectivity index (χ3n) is 3.88. The monoisotopic (exact) mass is 383 g/mol. The lowest BCUT2D eigenvalue weighted by molar-refractivity contribution is -0.137. The molecule has 0 spiro atoms. The van der Waals surface area contributed by atoms with Crippen LogP contribution in [0.4, 0.5) is 28.9 Å². The smallest absolute Gasteiger partial charge is 0.383 e. The largest absolute Gasteiger partial charge is 0.416 e. The molecule has 3 N–H and O–H groups in total. The highest BCUT2D eigenvalue weighted by Gasteiger charge is 2.31. The lowest BCUT2D eigenvalue weighted by Crippen LogP contribution is -2.18. The molecule has 0 atom stereocenters. The lowest BCUT2D eigenvalue weighted by Gasteiger charge is -2.16. The Labute approximate surface area is 155 Å². The van der Waals surface area contributed by atoms with Gasteiger partial charge in [0.15, 0.2) is 0 Å². The van der Waals surface area contributed by atoms with Crippen molar-refractivity contribution in [3.8, 4) is 0 Å². The fourth-order valence-corrected chi connectivity index (χ4v) is 2.47. The van der Waals surface area contributed by atoms with Crippen molar-refractivity contribution in [1.29, 1.82) is 0 Å². The maximum atomic E-state index is 13.9. The van der Waals surface area contributed by atoms with Gasteiger partial charge in [-0.05, 0) is 57.3 Å². The molecule has 0 aromatic heterocycles. The minimum absolute atomic E-state index is 0.0554. The fourth-order valence-electron chi connectivity index (χ4n) is 2.47. The Balaban J connectivity index is 2.30. The number of amides is 1. The predicted molar refractivity (Wildman–Crippen MR) is 97.6 cm³/mol. The molecule has 1 amide bonds. The molecule has 0 aliphatic carbocycles. The zero-order chi connectivity index (χ0) is 20.0. The number of anilines is 2. The van der Waals surface area contributed by atoms with Gasteiger partial charge >= 0.3 is 6.18 Å². The van der Waals surface area contributed by atoms with Crippen LogP contribution in [-0.2, 0) is 6.18 Å². The van der Waals surface area contributed by atoms with E-state index < -0.39 is 23.5 Å². The summed E-state index contributed by atoms with van der Waals surface area (Å²) in [6.07, 6.45) is -3.82. The van der Waals surface area contributed by atoms with E-state index in [0.717, 1.165) is 31.2 Å². The van der Waals surface area contributed by atoms with E-state index in [9.17, 15) is 22.4 Å². The van der Waals surface area contributed by atoms with Gasteiger partial charge in [-0.1, -0.05) is 11.6 Å². The summed E-state index contributed by atoms with van der Waals surface area (Å²) in [5.41, 5.74) is -0.187. The lowest BCUT2D eigenvalue weighted by atomic mass is 10.1. The average Bonchev–Trinajstić information content (AvgIpc) is 2.60. The molecule has 0 aliphatic rings. The molecule has 2 rings (SSSR count). The molecule has 0 saturated carbocycles. The van der Waals surface area contributed by atoms with Crippen molar-refractivity contribution in [1.82, 2.24) is 5.32 Å². The molecule has 0 aliphatic heterocycles. The molecule has 146 valence electrons. The van der Waals surface area contributed by atoms with E-state index in [-0.39, 0.29) is 11.3 Å². The summed E-state index contributed by atoms with van der Waals surface area (Å²) in [6.45, 7) is 2.91. The number of rotatable bonds is 7. The second-order valence-electron chi connectivity index (χ2n) is 6.08. The highest BCUT2D eigenvalue weighted by molar-refractivity contribution is 6.06. The highest BCUT2D eigenvalue weighted by atomic mass is 19.4. The maximum Gasteiger partial charge on any atom is 0.416 e. The Morgan fingerprint density at radius 1 is 1.04 bits per heavy atom. The van der Waals surface area contributed by atoms with Gasteiger partial charge < -0.3 is 16.0 Å². The summed E-state index contributed by atoms with van der Waals surface area (Å²) in [6, 6.07) is 7.02. The third-order valence-corrected chi connectivity index (χ3v) is 3.88. The first-order chi connectivity index (χ1) is 12.7. The van der Waals surface area contributed by atoms with Crippen LogP contribution in [0.25, 0.3) is 0 Å². The first-order valence-corrected chi connectivity index (χ1v) is 8.39. The topological polar surface area (TPSA) is 53.2 Å². The fraction of sp³-hybridized carbons (Fsp3) is 0.316. The predicted octanol–water partition coefficient (Wildman–Crippen LogP) is 4.43. The number of aryl methyl sites for hydroxylation is 1. The number of hydrogen-bond donors (Lipinski definition) is 3. The van der Waals surface area contributed by atoms with Crippen molar-refractivity contribution in [2.24, 2.45) is 0 Å². The van der Waals surface area contributed by atoms with Crippen LogP contribution in [0.1, 0.15) is 27.9 Å². The standard InChI is InChI=1S/C19H21F4N3O/c1-12-4-6-15(20)14(10-12)18(27)26-17-11-13(19(21,22)23)5-7-16(17)25-9-3-8-24-2/h4-7,10-11,24-25H,3,8-9H2,1-2H3,(H,26,27). The number of halogens is 4. The van der Waals surface area contributed by atoms with Gasteiger partial charge in [-0.15, -0.1) is 0 Å². The van der Waals surface area contributed by atoms with Crippen LogP contribution in [0.2, 0.25) is 0 Å². The first kappa shape index (κ1) is 20.7. The van der Waals surface area contributed by atoms with Crippen LogP contribution >= 0.6 is 0 Å². The van der Waals surface area contributed by atoms with E-state index in [1.165, 1.54) is 18.2 Å². The Hall–Kier alpha value is -2.61. The first-order valence-electron chi connectivity index (χ1n) is 8.39. The van der Waals surface area contributed by atoms with Gasteiger partial charge in [-0.2, -0.15) is 13.2 Å². The van der Waals surface area contributed by atoms with Crippen LogP contribution in [-0.4, -0.2) is 26.0 Å². The molecule has 0 saturated heterocycles. The number of alkyl halides is 3. The molecule has 0 fully saturated rings. The summed E-state index contributed by atoms with van der Waals surface area (Å²) in [5, 5.41) is 8.35. The van der Waals surface area contributed by atoms with E-state index in [2.05, 4.69) is 16.0 Å². The van der Waals surface area contributed by atoms with Gasteiger partial charge in [0.05, 0.1) is 22.5 Å².